The Hall–Kier alpha value is -3.53. The van der Waals surface area contributed by atoms with Gasteiger partial charge in [-0.3, -0.25) is 0 Å². The smallest absolute Gasteiger partial charge is 0.0619 e. The average molecular weight is 522 g/mol. The number of benzene rings is 5. The third kappa shape index (κ3) is 2.81. The Labute approximate surface area is 209 Å². The lowest BCUT2D eigenvalue weighted by atomic mass is 10.1. The van der Waals surface area contributed by atoms with Gasteiger partial charge in [-0.25, -0.2) is 0 Å². The number of aromatic nitrogens is 2. The SMILES string of the molecule is Clc1ccc(Br)c(-n2c3ccccc3c3cc(-n4c5ccccc5c5ccccc54)ccc32)c1. The van der Waals surface area contributed by atoms with Gasteiger partial charge >= 0.3 is 0 Å². The molecule has 0 spiro atoms. The third-order valence-corrected chi connectivity index (χ3v) is 7.55. The fourth-order valence-corrected chi connectivity index (χ4v) is 5.81. The average Bonchev–Trinajstić information content (AvgIpc) is 3.38. The van der Waals surface area contributed by atoms with Crippen molar-refractivity contribution in [3.05, 3.63) is 119 Å². The van der Waals surface area contributed by atoms with Crippen LogP contribution in [0, 0.1) is 0 Å². The van der Waals surface area contributed by atoms with E-state index in [2.05, 4.69) is 116 Å². The lowest BCUT2D eigenvalue weighted by molar-refractivity contribution is 1.16. The maximum Gasteiger partial charge on any atom is 0.0619 e. The maximum absolute atomic E-state index is 6.40. The lowest BCUT2D eigenvalue weighted by Gasteiger charge is -2.12. The number of nitrogens with zero attached hydrogens (tertiary/aromatic N) is 2. The molecule has 2 aromatic heterocycles. The van der Waals surface area contributed by atoms with Gasteiger partial charge < -0.3 is 9.13 Å². The van der Waals surface area contributed by atoms with E-state index in [1.54, 1.807) is 0 Å². The fraction of sp³-hybridized carbons (Fsp3) is 0. The first-order chi connectivity index (χ1) is 16.7. The van der Waals surface area contributed by atoms with Crippen molar-refractivity contribution in [3.8, 4) is 11.4 Å². The Morgan fingerprint density at radius 1 is 0.500 bits per heavy atom. The zero-order chi connectivity index (χ0) is 22.8. The number of rotatable bonds is 2. The molecule has 162 valence electrons. The van der Waals surface area contributed by atoms with Crippen molar-refractivity contribution in [2.45, 2.75) is 0 Å². The Balaban J connectivity index is 1.59. The summed E-state index contributed by atoms with van der Waals surface area (Å²) in [5.41, 5.74) is 6.91. The predicted octanol–water partition coefficient (Wildman–Crippen LogP) is 9.30. The highest BCUT2D eigenvalue weighted by Gasteiger charge is 2.17. The first-order valence-corrected chi connectivity index (χ1v) is 12.3. The summed E-state index contributed by atoms with van der Waals surface area (Å²) < 4.78 is 5.66. The topological polar surface area (TPSA) is 9.86 Å². The van der Waals surface area contributed by atoms with Crippen LogP contribution in [0.3, 0.4) is 0 Å². The Bertz CT molecular complexity index is 1840. The first kappa shape index (κ1) is 19.9. The fourth-order valence-electron chi connectivity index (χ4n) is 5.22. The van der Waals surface area contributed by atoms with Crippen LogP contribution in [0.2, 0.25) is 5.02 Å². The number of fused-ring (bicyclic) bond motifs is 6. The van der Waals surface area contributed by atoms with E-state index in [0.717, 1.165) is 26.9 Å². The van der Waals surface area contributed by atoms with Gasteiger partial charge in [-0.2, -0.15) is 0 Å². The van der Waals surface area contributed by atoms with Gasteiger partial charge in [-0.1, -0.05) is 66.2 Å². The molecule has 0 saturated carbocycles. The molecule has 7 aromatic rings. The summed E-state index contributed by atoms with van der Waals surface area (Å²) in [6, 6.07) is 38.5. The Morgan fingerprint density at radius 3 is 1.68 bits per heavy atom. The molecule has 0 aliphatic carbocycles. The molecule has 0 aliphatic heterocycles. The molecule has 34 heavy (non-hydrogen) atoms. The van der Waals surface area contributed by atoms with Gasteiger partial charge in [0, 0.05) is 36.7 Å². The van der Waals surface area contributed by atoms with Crippen LogP contribution in [-0.2, 0) is 0 Å². The molecule has 0 fully saturated rings. The molecular formula is C30H18BrClN2. The summed E-state index contributed by atoms with van der Waals surface area (Å²) in [5.74, 6) is 0. The summed E-state index contributed by atoms with van der Waals surface area (Å²) in [4.78, 5) is 0. The Morgan fingerprint density at radius 2 is 1.03 bits per heavy atom. The second-order valence-electron chi connectivity index (χ2n) is 8.52. The van der Waals surface area contributed by atoms with Gasteiger partial charge in [0.1, 0.15) is 0 Å². The predicted molar refractivity (Wildman–Crippen MR) is 148 cm³/mol. The van der Waals surface area contributed by atoms with Crippen molar-refractivity contribution < 1.29 is 0 Å². The van der Waals surface area contributed by atoms with Crippen LogP contribution < -0.4 is 0 Å². The third-order valence-electron chi connectivity index (χ3n) is 6.64. The van der Waals surface area contributed by atoms with E-state index in [1.807, 2.05) is 18.2 Å². The van der Waals surface area contributed by atoms with Gasteiger partial charge in [0.2, 0.25) is 0 Å². The summed E-state index contributed by atoms with van der Waals surface area (Å²) >= 11 is 10.1. The summed E-state index contributed by atoms with van der Waals surface area (Å²) in [7, 11) is 0. The number of halogens is 2. The molecular weight excluding hydrogens is 504 g/mol. The van der Waals surface area contributed by atoms with Gasteiger partial charge in [0.15, 0.2) is 0 Å². The summed E-state index contributed by atoms with van der Waals surface area (Å²) in [6.45, 7) is 0. The molecule has 7 rings (SSSR count). The van der Waals surface area contributed by atoms with E-state index in [1.165, 1.54) is 32.6 Å². The maximum atomic E-state index is 6.40. The van der Waals surface area contributed by atoms with E-state index in [4.69, 9.17) is 11.6 Å². The first-order valence-electron chi connectivity index (χ1n) is 11.2. The van der Waals surface area contributed by atoms with Gasteiger partial charge in [0.05, 0.1) is 27.8 Å². The largest absolute Gasteiger partial charge is 0.309 e. The number of hydrogen-bond donors (Lipinski definition) is 0. The van der Waals surface area contributed by atoms with Crippen molar-refractivity contribution in [1.29, 1.82) is 0 Å². The highest BCUT2D eigenvalue weighted by molar-refractivity contribution is 9.10. The van der Waals surface area contributed by atoms with E-state index in [-0.39, 0.29) is 0 Å². The second-order valence-corrected chi connectivity index (χ2v) is 9.81. The minimum Gasteiger partial charge on any atom is -0.309 e. The van der Waals surface area contributed by atoms with E-state index in [0.29, 0.717) is 5.02 Å². The lowest BCUT2D eigenvalue weighted by Crippen LogP contribution is -1.96. The molecule has 0 bridgehead atoms. The van der Waals surface area contributed by atoms with Crippen LogP contribution in [0.25, 0.3) is 55.0 Å². The zero-order valence-corrected chi connectivity index (χ0v) is 20.4. The van der Waals surface area contributed by atoms with Gasteiger partial charge in [-0.15, -0.1) is 0 Å². The van der Waals surface area contributed by atoms with Gasteiger partial charge in [0.25, 0.3) is 0 Å². The van der Waals surface area contributed by atoms with Crippen LogP contribution in [0.5, 0.6) is 0 Å². The molecule has 2 heterocycles. The minimum atomic E-state index is 0.714. The van der Waals surface area contributed by atoms with Crippen molar-refractivity contribution in [1.82, 2.24) is 9.13 Å². The summed E-state index contributed by atoms with van der Waals surface area (Å²) in [6.07, 6.45) is 0. The molecule has 0 saturated heterocycles. The van der Waals surface area contributed by atoms with Crippen LogP contribution in [-0.4, -0.2) is 9.13 Å². The number of para-hydroxylation sites is 3. The molecule has 4 heteroatoms. The zero-order valence-electron chi connectivity index (χ0n) is 18.0. The van der Waals surface area contributed by atoms with Crippen LogP contribution in [0.1, 0.15) is 0 Å². The molecule has 2 nitrogen and oxygen atoms in total. The molecule has 0 amide bonds. The second kappa shape index (κ2) is 7.49. The highest BCUT2D eigenvalue weighted by atomic mass is 79.9. The molecule has 0 unspecified atom stereocenters. The molecule has 5 aromatic carbocycles. The Kier molecular flexibility index (Phi) is 4.38. The van der Waals surface area contributed by atoms with Crippen LogP contribution in [0.4, 0.5) is 0 Å². The van der Waals surface area contributed by atoms with Crippen molar-refractivity contribution >= 4 is 71.1 Å². The van der Waals surface area contributed by atoms with E-state index >= 15 is 0 Å². The minimum absolute atomic E-state index is 0.714. The molecule has 0 N–H and O–H groups in total. The highest BCUT2D eigenvalue weighted by Crippen LogP contribution is 2.38. The van der Waals surface area contributed by atoms with E-state index in [9.17, 15) is 0 Å². The van der Waals surface area contributed by atoms with E-state index < -0.39 is 0 Å². The normalized spacial score (nSPS) is 11.8. The molecule has 0 aliphatic rings. The van der Waals surface area contributed by atoms with Crippen LogP contribution >= 0.6 is 27.5 Å². The summed E-state index contributed by atoms with van der Waals surface area (Å²) in [5, 5.41) is 5.67. The van der Waals surface area contributed by atoms with Gasteiger partial charge in [-0.05, 0) is 70.5 Å². The standard InChI is InChI=1S/C30H18BrClN2/c31-25-15-13-19(32)17-30(25)34-28-12-6-3-9-23(28)24-18-20(14-16-29(24)34)33-26-10-4-1-7-21(26)22-8-2-5-11-27(22)33/h1-18H. The van der Waals surface area contributed by atoms with Crippen molar-refractivity contribution in [2.75, 3.05) is 0 Å². The monoisotopic (exact) mass is 520 g/mol. The quantitative estimate of drug-likeness (QED) is 0.214. The van der Waals surface area contributed by atoms with Crippen LogP contribution in [0.15, 0.2) is 114 Å². The number of hydrogen-bond acceptors (Lipinski definition) is 0. The van der Waals surface area contributed by atoms with Crippen molar-refractivity contribution in [3.63, 3.8) is 0 Å². The molecule has 0 radical (unpaired) electrons. The molecule has 0 atom stereocenters. The van der Waals surface area contributed by atoms with Crippen molar-refractivity contribution in [2.24, 2.45) is 0 Å².